The minimum Gasteiger partial charge on any atom is -0.399 e. The smallest absolute Gasteiger partial charge is 0.183 e. The summed E-state index contributed by atoms with van der Waals surface area (Å²) in [5, 5.41) is 10.9. The molecule has 0 spiro atoms. The van der Waals surface area contributed by atoms with Gasteiger partial charge in [0.2, 0.25) is 0 Å². The fraction of sp³-hybridized carbons (Fsp3) is 0.111. The summed E-state index contributed by atoms with van der Waals surface area (Å²) in [7, 11) is 1.63. The van der Waals surface area contributed by atoms with Crippen LogP contribution in [0, 0.1) is 5.82 Å². The lowest BCUT2D eigenvalue weighted by Crippen LogP contribution is -2.01. The molecule has 0 aliphatic heterocycles. The molecular weight excluding hydrogens is 347 g/mol. The van der Waals surface area contributed by atoms with E-state index in [2.05, 4.69) is 38.4 Å². The first-order valence-corrected chi connectivity index (χ1v) is 8.09. The van der Waals surface area contributed by atoms with Crippen molar-refractivity contribution in [2.45, 2.75) is 6.92 Å². The lowest BCUT2D eigenvalue weighted by molar-refractivity contribution is 0.628. The van der Waals surface area contributed by atoms with Crippen molar-refractivity contribution < 1.29 is 4.39 Å². The number of fused-ring (bicyclic) bond motifs is 1. The average Bonchev–Trinajstić information content (AvgIpc) is 3.32. The largest absolute Gasteiger partial charge is 0.399 e. The van der Waals surface area contributed by atoms with E-state index in [1.165, 1.54) is 4.68 Å². The van der Waals surface area contributed by atoms with Gasteiger partial charge in [0.05, 0.1) is 17.9 Å². The molecule has 136 valence electrons. The van der Waals surface area contributed by atoms with Crippen LogP contribution in [-0.2, 0) is 7.05 Å². The van der Waals surface area contributed by atoms with Gasteiger partial charge in [0.1, 0.15) is 11.5 Å². The zero-order chi connectivity index (χ0) is 19.3. The Morgan fingerprint density at radius 2 is 2.07 bits per heavy atom. The number of H-pyrrole nitrogens is 1. The Labute approximate surface area is 153 Å². The number of rotatable bonds is 4. The molecule has 0 aliphatic carbocycles. The van der Waals surface area contributed by atoms with E-state index in [0.717, 1.165) is 17.3 Å². The monoisotopic (exact) mass is 364 g/mol. The number of hydrogen-bond acceptors (Lipinski definition) is 5. The highest BCUT2D eigenvalue weighted by Gasteiger charge is 2.19. The van der Waals surface area contributed by atoms with Crippen molar-refractivity contribution in [1.82, 2.24) is 34.3 Å². The van der Waals surface area contributed by atoms with Crippen LogP contribution in [0.15, 0.2) is 37.8 Å². The molecule has 9 heteroatoms. The van der Waals surface area contributed by atoms with Gasteiger partial charge in [0.25, 0.3) is 0 Å². The molecule has 4 aromatic heterocycles. The van der Waals surface area contributed by atoms with E-state index in [0.29, 0.717) is 28.5 Å². The van der Waals surface area contributed by atoms with E-state index in [1.807, 2.05) is 23.6 Å². The first-order valence-electron chi connectivity index (χ1n) is 8.09. The van der Waals surface area contributed by atoms with Gasteiger partial charge in [-0.3, -0.25) is 14.2 Å². The van der Waals surface area contributed by atoms with Gasteiger partial charge in [-0.05, 0) is 18.6 Å². The van der Waals surface area contributed by atoms with Crippen LogP contribution in [-0.4, -0.2) is 34.3 Å². The predicted octanol–water partition coefficient (Wildman–Crippen LogP) is 2.62. The van der Waals surface area contributed by atoms with Crippen LogP contribution < -0.4 is 5.73 Å². The van der Waals surface area contributed by atoms with Crippen molar-refractivity contribution in [3.8, 4) is 22.9 Å². The van der Waals surface area contributed by atoms with Crippen LogP contribution >= 0.6 is 0 Å². The van der Waals surface area contributed by atoms with Crippen LogP contribution in [0.25, 0.3) is 39.7 Å². The maximum absolute atomic E-state index is 14.0. The molecule has 4 rings (SSSR count). The second-order valence-corrected chi connectivity index (χ2v) is 6.26. The summed E-state index contributed by atoms with van der Waals surface area (Å²) in [6.07, 6.45) is 4.68. The number of aromatic amines is 1. The molecule has 3 N–H and O–H groups in total. The molecule has 0 aromatic carbocycles. The molecule has 0 bridgehead atoms. The van der Waals surface area contributed by atoms with Gasteiger partial charge < -0.3 is 5.73 Å². The van der Waals surface area contributed by atoms with E-state index in [-0.39, 0.29) is 11.5 Å². The van der Waals surface area contributed by atoms with Crippen LogP contribution in [0.2, 0.25) is 0 Å². The number of aromatic nitrogens is 7. The second kappa shape index (κ2) is 5.90. The van der Waals surface area contributed by atoms with Crippen molar-refractivity contribution in [3.05, 3.63) is 55.0 Å². The summed E-state index contributed by atoms with van der Waals surface area (Å²) in [6, 6.07) is 1.83. The van der Waals surface area contributed by atoms with E-state index in [1.54, 1.807) is 13.2 Å². The Kier molecular flexibility index (Phi) is 3.65. The molecule has 0 radical (unpaired) electrons. The molecule has 0 amide bonds. The minimum atomic E-state index is -0.483. The summed E-state index contributed by atoms with van der Waals surface area (Å²) in [4.78, 5) is 8.87. The normalized spacial score (nSPS) is 11.2. The summed E-state index contributed by atoms with van der Waals surface area (Å²) >= 11 is 0. The molecule has 0 saturated carbocycles. The highest BCUT2D eigenvalue weighted by atomic mass is 19.1. The van der Waals surface area contributed by atoms with Crippen molar-refractivity contribution >= 4 is 16.8 Å². The summed E-state index contributed by atoms with van der Waals surface area (Å²) in [6.45, 7) is 9.63. The zero-order valence-electron chi connectivity index (χ0n) is 14.9. The fourth-order valence-corrected chi connectivity index (χ4v) is 2.93. The molecule has 0 aliphatic rings. The molecule has 0 fully saturated rings. The van der Waals surface area contributed by atoms with Crippen LogP contribution in [0.4, 0.5) is 4.39 Å². The average molecular weight is 364 g/mol. The number of imidazole rings is 1. The topological polar surface area (TPSA) is 103 Å². The van der Waals surface area contributed by atoms with Crippen molar-refractivity contribution in [2.24, 2.45) is 12.8 Å². The Morgan fingerprint density at radius 3 is 2.70 bits per heavy atom. The van der Waals surface area contributed by atoms with Gasteiger partial charge >= 0.3 is 0 Å². The third kappa shape index (κ3) is 2.60. The summed E-state index contributed by atoms with van der Waals surface area (Å²) in [5.41, 5.74) is 9.49. The quantitative estimate of drug-likeness (QED) is 0.579. The first kappa shape index (κ1) is 16.7. The maximum atomic E-state index is 14.0. The Morgan fingerprint density at radius 1 is 1.30 bits per heavy atom. The number of allylic oxidation sites excluding steroid dienone is 1. The highest BCUT2D eigenvalue weighted by Crippen LogP contribution is 2.29. The van der Waals surface area contributed by atoms with Crippen molar-refractivity contribution in [1.29, 1.82) is 0 Å². The zero-order valence-corrected chi connectivity index (χ0v) is 14.9. The first-order chi connectivity index (χ1) is 12.9. The number of halogens is 1. The molecule has 0 atom stereocenters. The molecule has 4 aromatic rings. The van der Waals surface area contributed by atoms with E-state index in [9.17, 15) is 4.39 Å². The number of hydrogen-bond donors (Lipinski definition) is 2. The standard InChI is InChI=1S/C18H17FN8/c1-9(2)18-21-7-14-12(5-11(10(3)20)8-27(14)18)16-23-17(25-24-16)15-13(19)6-22-26(15)4/h5-8H,1,3,20H2,2,4H3,(H,23,24,25). The van der Waals surface area contributed by atoms with Crippen LogP contribution in [0.5, 0.6) is 0 Å². The van der Waals surface area contributed by atoms with Gasteiger partial charge in [-0.2, -0.15) is 10.2 Å². The van der Waals surface area contributed by atoms with Gasteiger partial charge in [-0.15, -0.1) is 0 Å². The highest BCUT2D eigenvalue weighted by molar-refractivity contribution is 5.81. The fourth-order valence-electron chi connectivity index (χ4n) is 2.93. The molecule has 0 saturated heterocycles. The van der Waals surface area contributed by atoms with Gasteiger partial charge in [0, 0.05) is 30.1 Å². The number of nitrogens with one attached hydrogen (secondary N) is 1. The van der Waals surface area contributed by atoms with Gasteiger partial charge in [-0.25, -0.2) is 14.4 Å². The third-order valence-corrected chi connectivity index (χ3v) is 4.24. The lowest BCUT2D eigenvalue weighted by atomic mass is 10.1. The second-order valence-electron chi connectivity index (χ2n) is 6.26. The van der Waals surface area contributed by atoms with E-state index in [4.69, 9.17) is 5.73 Å². The van der Waals surface area contributed by atoms with Gasteiger partial charge in [0.15, 0.2) is 17.5 Å². The number of nitrogens with zero attached hydrogens (tertiary/aromatic N) is 6. The Bertz CT molecular complexity index is 1190. The Hall–Kier alpha value is -3.75. The number of pyridine rings is 1. The minimum absolute atomic E-state index is 0.222. The van der Waals surface area contributed by atoms with Crippen molar-refractivity contribution in [2.75, 3.05) is 0 Å². The lowest BCUT2D eigenvalue weighted by Gasteiger charge is -2.08. The van der Waals surface area contributed by atoms with Crippen molar-refractivity contribution in [3.63, 3.8) is 0 Å². The molecular formula is C18H17FN8. The molecule has 8 nitrogen and oxygen atoms in total. The molecule has 4 heterocycles. The molecule has 0 unspecified atom stereocenters. The van der Waals surface area contributed by atoms with Crippen LogP contribution in [0.3, 0.4) is 0 Å². The summed E-state index contributed by atoms with van der Waals surface area (Å²) in [5.74, 6) is 0.871. The number of nitrogens with two attached hydrogens (primary N) is 1. The summed E-state index contributed by atoms with van der Waals surface area (Å²) < 4.78 is 17.3. The maximum Gasteiger partial charge on any atom is 0.183 e. The predicted molar refractivity (Wildman–Crippen MR) is 101 cm³/mol. The SMILES string of the molecule is C=C(N)c1cc(-c2n[nH]c(-c3c(F)cnn3C)n2)c2cnc(C(=C)C)n2c1. The number of aryl methyl sites for hydroxylation is 1. The van der Waals surface area contributed by atoms with E-state index >= 15 is 0 Å². The van der Waals surface area contributed by atoms with Gasteiger partial charge in [-0.1, -0.05) is 13.2 Å². The molecule has 27 heavy (non-hydrogen) atoms. The Balaban J connectivity index is 1.94. The van der Waals surface area contributed by atoms with E-state index < -0.39 is 5.82 Å². The van der Waals surface area contributed by atoms with Crippen LogP contribution in [0.1, 0.15) is 18.3 Å². The third-order valence-electron chi connectivity index (χ3n) is 4.24.